The number of urea groups is 1. The maximum Gasteiger partial charge on any atom is 0.414 e. The van der Waals surface area contributed by atoms with Crippen molar-refractivity contribution in [3.8, 4) is 0 Å². The maximum atomic E-state index is 11.9. The van der Waals surface area contributed by atoms with E-state index in [2.05, 4.69) is 0 Å². The molecule has 3 amide bonds. The lowest BCUT2D eigenvalue weighted by molar-refractivity contribution is 0.145. The molecule has 7 nitrogen and oxygen atoms in total. The number of amides is 3. The predicted octanol–water partition coefficient (Wildman–Crippen LogP) is 0.972. The van der Waals surface area contributed by atoms with Gasteiger partial charge in [0, 0.05) is 32.9 Å². The Kier molecular flexibility index (Phi) is 3.21. The van der Waals surface area contributed by atoms with Gasteiger partial charge in [-0.05, 0) is 23.8 Å². The van der Waals surface area contributed by atoms with E-state index in [1.165, 1.54) is 0 Å². The molecule has 2 aliphatic rings. The highest BCUT2D eigenvalue weighted by atomic mass is 16.6. The summed E-state index contributed by atoms with van der Waals surface area (Å²) in [5.74, 6) is 0. The van der Waals surface area contributed by atoms with Crippen LogP contribution in [0.3, 0.4) is 0 Å². The van der Waals surface area contributed by atoms with Crippen molar-refractivity contribution in [2.45, 2.75) is 12.6 Å². The van der Waals surface area contributed by atoms with Gasteiger partial charge < -0.3 is 15.4 Å². The molecule has 7 heteroatoms. The van der Waals surface area contributed by atoms with Crippen LogP contribution in [-0.4, -0.2) is 50.3 Å². The van der Waals surface area contributed by atoms with Gasteiger partial charge >= 0.3 is 12.1 Å². The Hall–Kier alpha value is -2.28. The number of ether oxygens (including phenoxy) is 1. The number of hydrogen-bond donors (Lipinski definition) is 1. The Labute approximate surface area is 122 Å². The summed E-state index contributed by atoms with van der Waals surface area (Å²) in [6.45, 7) is 1.29. The van der Waals surface area contributed by atoms with Crippen LogP contribution in [0.1, 0.15) is 5.56 Å². The summed E-state index contributed by atoms with van der Waals surface area (Å²) in [6.07, 6.45) is -0.639. The van der Waals surface area contributed by atoms with Crippen molar-refractivity contribution < 1.29 is 14.3 Å². The number of anilines is 2. The zero-order chi connectivity index (χ0) is 15.1. The molecule has 2 aliphatic heterocycles. The molecule has 0 saturated carbocycles. The monoisotopic (exact) mass is 290 g/mol. The van der Waals surface area contributed by atoms with Crippen LogP contribution in [0.15, 0.2) is 18.2 Å². The molecule has 3 rings (SSSR count). The van der Waals surface area contributed by atoms with Crippen molar-refractivity contribution in [1.82, 2.24) is 4.90 Å². The van der Waals surface area contributed by atoms with E-state index in [1.54, 1.807) is 28.8 Å². The fourth-order valence-corrected chi connectivity index (χ4v) is 2.73. The summed E-state index contributed by atoms with van der Waals surface area (Å²) in [5, 5.41) is 0. The summed E-state index contributed by atoms with van der Waals surface area (Å²) in [7, 11) is 3.49. The van der Waals surface area contributed by atoms with Crippen LogP contribution in [0.2, 0.25) is 0 Å². The summed E-state index contributed by atoms with van der Waals surface area (Å²) >= 11 is 0. The van der Waals surface area contributed by atoms with Gasteiger partial charge in [0.25, 0.3) is 0 Å². The summed E-state index contributed by atoms with van der Waals surface area (Å²) in [5.41, 5.74) is 8.18. The van der Waals surface area contributed by atoms with Crippen LogP contribution in [0.5, 0.6) is 0 Å². The minimum Gasteiger partial charge on any atom is -0.443 e. The van der Waals surface area contributed by atoms with Crippen molar-refractivity contribution in [1.29, 1.82) is 0 Å². The average molecular weight is 290 g/mol. The van der Waals surface area contributed by atoms with Gasteiger partial charge in [-0.25, -0.2) is 9.59 Å². The minimum absolute atomic E-state index is 0.0426. The van der Waals surface area contributed by atoms with Crippen LogP contribution in [0.4, 0.5) is 21.0 Å². The Bertz CT molecular complexity index is 604. The van der Waals surface area contributed by atoms with Gasteiger partial charge in [-0.2, -0.15) is 0 Å². The largest absolute Gasteiger partial charge is 0.443 e. The predicted molar refractivity (Wildman–Crippen MR) is 78.4 cm³/mol. The normalized spacial score (nSPS) is 21.7. The second-order valence-corrected chi connectivity index (χ2v) is 5.36. The first kappa shape index (κ1) is 13.7. The smallest absolute Gasteiger partial charge is 0.414 e. The van der Waals surface area contributed by atoms with Gasteiger partial charge in [-0.1, -0.05) is 0 Å². The van der Waals surface area contributed by atoms with E-state index in [0.29, 0.717) is 19.6 Å². The molecular weight excluding hydrogens is 272 g/mol. The van der Waals surface area contributed by atoms with Crippen LogP contribution >= 0.6 is 0 Å². The van der Waals surface area contributed by atoms with E-state index in [1.807, 2.05) is 18.2 Å². The van der Waals surface area contributed by atoms with Gasteiger partial charge in [0.05, 0.1) is 12.2 Å². The number of nitrogens with two attached hydrogens (primary N) is 1. The molecule has 0 aliphatic carbocycles. The first-order valence-electron chi connectivity index (χ1n) is 6.81. The van der Waals surface area contributed by atoms with Gasteiger partial charge in [-0.3, -0.25) is 9.80 Å². The fourth-order valence-electron chi connectivity index (χ4n) is 2.73. The second kappa shape index (κ2) is 4.92. The fraction of sp³-hybridized carbons (Fsp3) is 0.429. The van der Waals surface area contributed by atoms with E-state index >= 15 is 0 Å². The number of carbonyl (C=O) groups is 2. The molecular formula is C14H18N4O3. The molecule has 112 valence electrons. The average Bonchev–Trinajstić information content (AvgIpc) is 2.85. The number of carbonyl (C=O) groups excluding carboxylic acids is 2. The van der Waals surface area contributed by atoms with Gasteiger partial charge in [-0.15, -0.1) is 0 Å². The van der Waals surface area contributed by atoms with Crippen LogP contribution in [0.25, 0.3) is 0 Å². The third kappa shape index (κ3) is 2.19. The molecule has 0 bridgehead atoms. The standard InChI is InChI=1S/C14H18N4O3/c1-16-7-9-5-10(3-4-12(9)17(2)13(16)19)18-8-11(6-15)21-14(18)20/h3-5,11H,6-8,15H2,1-2H3. The Balaban J connectivity index is 1.92. The van der Waals surface area contributed by atoms with E-state index in [4.69, 9.17) is 10.5 Å². The highest BCUT2D eigenvalue weighted by Gasteiger charge is 2.32. The summed E-state index contributed by atoms with van der Waals surface area (Å²) in [4.78, 5) is 28.6. The second-order valence-electron chi connectivity index (χ2n) is 5.36. The number of benzene rings is 1. The SMILES string of the molecule is CN1Cc2cc(N3CC(CN)OC3=O)ccc2N(C)C1=O. The Morgan fingerprint density at radius 1 is 1.33 bits per heavy atom. The minimum atomic E-state index is -0.376. The highest BCUT2D eigenvalue weighted by Crippen LogP contribution is 2.32. The third-order valence-corrected chi connectivity index (χ3v) is 3.89. The van der Waals surface area contributed by atoms with Crippen molar-refractivity contribution in [2.75, 3.05) is 37.0 Å². The zero-order valence-electron chi connectivity index (χ0n) is 12.1. The molecule has 1 aromatic rings. The molecule has 0 aromatic heterocycles. The Morgan fingerprint density at radius 3 is 2.76 bits per heavy atom. The number of nitrogens with zero attached hydrogens (tertiary/aromatic N) is 3. The molecule has 0 spiro atoms. The molecule has 21 heavy (non-hydrogen) atoms. The van der Waals surface area contributed by atoms with Crippen LogP contribution in [-0.2, 0) is 11.3 Å². The van der Waals surface area contributed by atoms with Crippen molar-refractivity contribution in [3.63, 3.8) is 0 Å². The van der Waals surface area contributed by atoms with Crippen molar-refractivity contribution in [3.05, 3.63) is 23.8 Å². The summed E-state index contributed by atoms with van der Waals surface area (Å²) in [6, 6.07) is 5.57. The van der Waals surface area contributed by atoms with E-state index in [9.17, 15) is 9.59 Å². The van der Waals surface area contributed by atoms with E-state index in [0.717, 1.165) is 16.9 Å². The lowest BCUT2D eigenvalue weighted by Gasteiger charge is -2.33. The maximum absolute atomic E-state index is 11.9. The molecule has 1 saturated heterocycles. The first-order valence-corrected chi connectivity index (χ1v) is 6.81. The Morgan fingerprint density at radius 2 is 2.10 bits per heavy atom. The molecule has 2 N–H and O–H groups in total. The lowest BCUT2D eigenvalue weighted by Crippen LogP contribution is -2.42. The molecule has 1 unspecified atom stereocenters. The lowest BCUT2D eigenvalue weighted by atomic mass is 10.1. The first-order chi connectivity index (χ1) is 10.0. The van der Waals surface area contributed by atoms with Crippen LogP contribution < -0.4 is 15.5 Å². The topological polar surface area (TPSA) is 79.1 Å². The van der Waals surface area contributed by atoms with Gasteiger partial charge in [0.15, 0.2) is 0 Å². The van der Waals surface area contributed by atoms with Gasteiger partial charge in [0.2, 0.25) is 0 Å². The molecule has 1 fully saturated rings. The number of cyclic esters (lactones) is 1. The highest BCUT2D eigenvalue weighted by molar-refractivity contribution is 5.95. The molecule has 2 heterocycles. The third-order valence-electron chi connectivity index (χ3n) is 3.89. The van der Waals surface area contributed by atoms with Crippen molar-refractivity contribution >= 4 is 23.5 Å². The number of hydrogen-bond acceptors (Lipinski definition) is 4. The molecule has 1 atom stereocenters. The number of fused-ring (bicyclic) bond motifs is 1. The zero-order valence-corrected chi connectivity index (χ0v) is 12.1. The van der Waals surface area contributed by atoms with Gasteiger partial charge in [0.1, 0.15) is 6.10 Å². The van der Waals surface area contributed by atoms with E-state index in [-0.39, 0.29) is 18.2 Å². The summed E-state index contributed by atoms with van der Waals surface area (Å²) < 4.78 is 5.17. The van der Waals surface area contributed by atoms with Crippen molar-refractivity contribution in [2.24, 2.45) is 5.73 Å². The van der Waals surface area contributed by atoms with Crippen LogP contribution in [0, 0.1) is 0 Å². The quantitative estimate of drug-likeness (QED) is 0.880. The molecule has 1 aromatic carbocycles. The number of rotatable bonds is 2. The van der Waals surface area contributed by atoms with E-state index < -0.39 is 0 Å². The molecule has 0 radical (unpaired) electrons.